The molecule has 88 valence electrons. The van der Waals surface area contributed by atoms with Gasteiger partial charge in [-0.15, -0.1) is 0 Å². The molecule has 17 heavy (non-hydrogen) atoms. The van der Waals surface area contributed by atoms with Crippen molar-refractivity contribution in [3.8, 4) is 0 Å². The number of fused-ring (bicyclic) bond motifs is 1. The molecule has 0 bridgehead atoms. The molecular formula is C13H13FN2O. The smallest absolute Gasteiger partial charge is 0.124 e. The standard InChI is InChI=1S/C13H13FN2O/c1-10(3-2-6-17)9-16-13-5-4-12(14)7-11(13)8-15-16/h4-8H,1-3,9H2. The Kier molecular flexibility index (Phi) is 3.32. The summed E-state index contributed by atoms with van der Waals surface area (Å²) in [4.78, 5) is 10.3. The van der Waals surface area contributed by atoms with Gasteiger partial charge >= 0.3 is 0 Å². The van der Waals surface area contributed by atoms with Crippen molar-refractivity contribution in [2.24, 2.45) is 0 Å². The number of carbonyl (C=O) groups is 1. The molecule has 0 amide bonds. The van der Waals surface area contributed by atoms with Gasteiger partial charge in [-0.25, -0.2) is 4.39 Å². The fraction of sp³-hybridized carbons (Fsp3) is 0.231. The van der Waals surface area contributed by atoms with Gasteiger partial charge in [-0.05, 0) is 24.6 Å². The van der Waals surface area contributed by atoms with Crippen LogP contribution in [0.4, 0.5) is 4.39 Å². The molecule has 4 heteroatoms. The van der Waals surface area contributed by atoms with E-state index in [1.807, 2.05) is 0 Å². The molecular weight excluding hydrogens is 219 g/mol. The van der Waals surface area contributed by atoms with E-state index in [4.69, 9.17) is 0 Å². The summed E-state index contributed by atoms with van der Waals surface area (Å²) in [6.45, 7) is 4.46. The molecule has 2 rings (SSSR count). The van der Waals surface area contributed by atoms with Crippen LogP contribution < -0.4 is 0 Å². The molecule has 0 aliphatic carbocycles. The quantitative estimate of drug-likeness (QED) is 0.587. The van der Waals surface area contributed by atoms with E-state index in [-0.39, 0.29) is 5.82 Å². The molecule has 0 unspecified atom stereocenters. The first-order valence-electron chi connectivity index (χ1n) is 5.42. The second kappa shape index (κ2) is 4.91. The molecule has 3 nitrogen and oxygen atoms in total. The van der Waals surface area contributed by atoms with Gasteiger partial charge in [0.15, 0.2) is 0 Å². The van der Waals surface area contributed by atoms with E-state index in [0.717, 1.165) is 22.8 Å². The number of allylic oxidation sites excluding steroid dienone is 1. The SMILES string of the molecule is C=C(CCC=O)Cn1ncc2cc(F)ccc21. The molecule has 0 aliphatic rings. The van der Waals surface area contributed by atoms with E-state index in [2.05, 4.69) is 11.7 Å². The van der Waals surface area contributed by atoms with Crippen molar-refractivity contribution < 1.29 is 9.18 Å². The number of aldehydes is 1. The van der Waals surface area contributed by atoms with Crippen LogP contribution in [0.15, 0.2) is 36.5 Å². The lowest BCUT2D eigenvalue weighted by Crippen LogP contribution is -2.02. The molecule has 0 saturated carbocycles. The number of hydrogen-bond donors (Lipinski definition) is 0. The third-order valence-electron chi connectivity index (χ3n) is 2.59. The maximum atomic E-state index is 13.0. The average Bonchev–Trinajstić information content (AvgIpc) is 2.69. The monoisotopic (exact) mass is 232 g/mol. The van der Waals surface area contributed by atoms with Crippen molar-refractivity contribution in [1.29, 1.82) is 0 Å². The highest BCUT2D eigenvalue weighted by molar-refractivity contribution is 5.78. The molecule has 1 aromatic carbocycles. The molecule has 0 N–H and O–H groups in total. The lowest BCUT2D eigenvalue weighted by molar-refractivity contribution is -0.107. The molecule has 1 heterocycles. The Morgan fingerprint density at radius 2 is 2.35 bits per heavy atom. The van der Waals surface area contributed by atoms with E-state index in [1.165, 1.54) is 12.1 Å². The van der Waals surface area contributed by atoms with Gasteiger partial charge in [0.1, 0.15) is 12.1 Å². The summed E-state index contributed by atoms with van der Waals surface area (Å²) >= 11 is 0. The van der Waals surface area contributed by atoms with Crippen molar-refractivity contribution in [2.75, 3.05) is 0 Å². The van der Waals surface area contributed by atoms with Crippen LogP contribution in [0.25, 0.3) is 10.9 Å². The van der Waals surface area contributed by atoms with Crippen molar-refractivity contribution >= 4 is 17.2 Å². The Balaban J connectivity index is 2.19. The molecule has 2 aromatic rings. The highest BCUT2D eigenvalue weighted by atomic mass is 19.1. The number of nitrogens with zero attached hydrogens (tertiary/aromatic N) is 2. The highest BCUT2D eigenvalue weighted by Gasteiger charge is 2.04. The fourth-order valence-electron chi connectivity index (χ4n) is 1.74. The highest BCUT2D eigenvalue weighted by Crippen LogP contribution is 2.16. The van der Waals surface area contributed by atoms with Crippen LogP contribution in [0, 0.1) is 5.82 Å². The van der Waals surface area contributed by atoms with E-state index < -0.39 is 0 Å². The predicted octanol–water partition coefficient (Wildman–Crippen LogP) is 2.71. The number of hydrogen-bond acceptors (Lipinski definition) is 2. The van der Waals surface area contributed by atoms with Gasteiger partial charge in [0.25, 0.3) is 0 Å². The number of carbonyl (C=O) groups excluding carboxylic acids is 1. The Hall–Kier alpha value is -1.97. The topological polar surface area (TPSA) is 34.9 Å². The van der Waals surface area contributed by atoms with E-state index in [9.17, 15) is 9.18 Å². The second-order valence-electron chi connectivity index (χ2n) is 3.96. The number of aromatic nitrogens is 2. The van der Waals surface area contributed by atoms with Crippen LogP contribution in [-0.2, 0) is 11.3 Å². The summed E-state index contributed by atoms with van der Waals surface area (Å²) in [6, 6.07) is 4.56. The van der Waals surface area contributed by atoms with E-state index in [0.29, 0.717) is 19.4 Å². The van der Waals surface area contributed by atoms with Gasteiger partial charge in [-0.2, -0.15) is 5.10 Å². The average molecular weight is 232 g/mol. The molecule has 1 aromatic heterocycles. The van der Waals surface area contributed by atoms with Gasteiger partial charge in [-0.3, -0.25) is 4.68 Å². The van der Waals surface area contributed by atoms with E-state index >= 15 is 0 Å². The minimum Gasteiger partial charge on any atom is -0.303 e. The van der Waals surface area contributed by atoms with Crippen LogP contribution >= 0.6 is 0 Å². The maximum Gasteiger partial charge on any atom is 0.124 e. The Bertz CT molecular complexity index is 560. The minimum atomic E-state index is -0.267. The van der Waals surface area contributed by atoms with Gasteiger partial charge in [0, 0.05) is 11.8 Å². The second-order valence-corrected chi connectivity index (χ2v) is 3.96. The number of halogens is 1. The first-order valence-corrected chi connectivity index (χ1v) is 5.42. The normalized spacial score (nSPS) is 10.6. The largest absolute Gasteiger partial charge is 0.303 e. The molecule has 0 fully saturated rings. The summed E-state index contributed by atoms with van der Waals surface area (Å²) < 4.78 is 14.7. The number of rotatable bonds is 5. The summed E-state index contributed by atoms with van der Waals surface area (Å²) in [7, 11) is 0. The summed E-state index contributed by atoms with van der Waals surface area (Å²) in [5.74, 6) is -0.267. The third kappa shape index (κ3) is 2.58. The van der Waals surface area contributed by atoms with Crippen LogP contribution in [-0.4, -0.2) is 16.1 Å². The molecule has 0 aliphatic heterocycles. The van der Waals surface area contributed by atoms with Gasteiger partial charge < -0.3 is 4.79 Å². The zero-order valence-electron chi connectivity index (χ0n) is 9.40. The minimum absolute atomic E-state index is 0.267. The van der Waals surface area contributed by atoms with Gasteiger partial charge in [-0.1, -0.05) is 12.2 Å². The van der Waals surface area contributed by atoms with Crippen molar-refractivity contribution in [2.45, 2.75) is 19.4 Å². The fourth-order valence-corrected chi connectivity index (χ4v) is 1.74. The van der Waals surface area contributed by atoms with E-state index in [1.54, 1.807) is 16.9 Å². The molecule has 0 spiro atoms. The Morgan fingerprint density at radius 3 is 3.12 bits per heavy atom. The van der Waals surface area contributed by atoms with Crippen molar-refractivity contribution in [1.82, 2.24) is 9.78 Å². The summed E-state index contributed by atoms with van der Waals surface area (Å²) in [6.07, 6.45) is 3.64. The Morgan fingerprint density at radius 1 is 1.53 bits per heavy atom. The Labute approximate surface area is 98.5 Å². The molecule has 0 radical (unpaired) electrons. The lowest BCUT2D eigenvalue weighted by Gasteiger charge is -2.05. The zero-order valence-corrected chi connectivity index (χ0v) is 9.40. The zero-order chi connectivity index (χ0) is 12.3. The van der Waals surface area contributed by atoms with Gasteiger partial charge in [0.2, 0.25) is 0 Å². The third-order valence-corrected chi connectivity index (χ3v) is 2.59. The molecule has 0 saturated heterocycles. The van der Waals surface area contributed by atoms with Crippen molar-refractivity contribution in [3.63, 3.8) is 0 Å². The summed E-state index contributed by atoms with van der Waals surface area (Å²) in [5, 5.41) is 4.96. The first-order chi connectivity index (χ1) is 8.20. The first kappa shape index (κ1) is 11.5. The van der Waals surface area contributed by atoms with Crippen LogP contribution in [0.5, 0.6) is 0 Å². The van der Waals surface area contributed by atoms with Crippen LogP contribution in [0.1, 0.15) is 12.8 Å². The maximum absolute atomic E-state index is 13.0. The predicted molar refractivity (Wildman–Crippen MR) is 64.1 cm³/mol. The molecule has 0 atom stereocenters. The van der Waals surface area contributed by atoms with Crippen LogP contribution in [0.3, 0.4) is 0 Å². The summed E-state index contributed by atoms with van der Waals surface area (Å²) in [5.41, 5.74) is 1.81. The van der Waals surface area contributed by atoms with Crippen molar-refractivity contribution in [3.05, 3.63) is 42.4 Å². The number of benzene rings is 1. The van der Waals surface area contributed by atoms with Crippen LogP contribution in [0.2, 0.25) is 0 Å². The van der Waals surface area contributed by atoms with Gasteiger partial charge in [0.05, 0.1) is 18.3 Å². The lowest BCUT2D eigenvalue weighted by atomic mass is 10.2.